The Morgan fingerprint density at radius 2 is 1.74 bits per heavy atom. The highest BCUT2D eigenvalue weighted by Gasteiger charge is 2.35. The van der Waals surface area contributed by atoms with Gasteiger partial charge in [0, 0.05) is 31.1 Å². The Kier molecular flexibility index (Phi) is 8.77. The molecule has 1 aromatic heterocycles. The molecule has 13 heteroatoms. The van der Waals surface area contributed by atoms with Crippen LogP contribution in [0.5, 0.6) is 17.2 Å². The average molecular weight is 564 g/mol. The average Bonchev–Trinajstić information content (AvgIpc) is 2.91. The van der Waals surface area contributed by atoms with Gasteiger partial charge in [0.1, 0.15) is 29.0 Å². The number of halogens is 4. The second-order valence-electron chi connectivity index (χ2n) is 8.55. The maximum atomic E-state index is 13.5. The smallest absolute Gasteiger partial charge is 0.417 e. The number of nitrogens with one attached hydrogen (secondary N) is 4. The van der Waals surface area contributed by atoms with E-state index in [1.165, 1.54) is 19.3 Å². The molecule has 0 atom stereocenters. The number of alkyl halides is 3. The summed E-state index contributed by atoms with van der Waals surface area (Å²) in [5.74, 6) is 0.484. The molecule has 4 rings (SSSR count). The minimum atomic E-state index is -4.72. The molecule has 1 fully saturated rings. The standard InChI is InChI=1S/C26H25ClF3N5O4/c1-31-24(36)22-12-18(8-11-33-22)38-16-4-2-15(3-5-16)34-25(37)35-21-13-19(26(28,29)30)20(27)14-23(21)39-17-6-9-32-10-7-17/h2-5,8,11-14,17,32H,6-7,9-10H2,1H3,(H,31,36)(H2,34,35,37). The minimum Gasteiger partial charge on any atom is -0.488 e. The molecule has 1 aliphatic heterocycles. The molecule has 206 valence electrons. The summed E-state index contributed by atoms with van der Waals surface area (Å²) in [4.78, 5) is 28.4. The van der Waals surface area contributed by atoms with Crippen molar-refractivity contribution >= 4 is 34.9 Å². The molecule has 0 saturated carbocycles. The van der Waals surface area contributed by atoms with Gasteiger partial charge in [0.25, 0.3) is 5.91 Å². The highest BCUT2D eigenvalue weighted by Crippen LogP contribution is 2.41. The molecule has 3 aromatic rings. The number of urea groups is 1. The Morgan fingerprint density at radius 3 is 2.41 bits per heavy atom. The molecule has 0 spiro atoms. The Labute approximate surface area is 227 Å². The van der Waals surface area contributed by atoms with Gasteiger partial charge in [0.2, 0.25) is 0 Å². The number of piperidine rings is 1. The van der Waals surface area contributed by atoms with Crippen LogP contribution in [-0.2, 0) is 6.18 Å². The zero-order chi connectivity index (χ0) is 28.0. The molecule has 0 unspecified atom stereocenters. The lowest BCUT2D eigenvalue weighted by molar-refractivity contribution is -0.137. The maximum Gasteiger partial charge on any atom is 0.417 e. The first-order valence-electron chi connectivity index (χ1n) is 11.9. The van der Waals surface area contributed by atoms with Gasteiger partial charge in [-0.15, -0.1) is 0 Å². The van der Waals surface area contributed by atoms with Gasteiger partial charge in [0.05, 0.1) is 16.3 Å². The van der Waals surface area contributed by atoms with Gasteiger partial charge in [-0.3, -0.25) is 9.78 Å². The molecule has 39 heavy (non-hydrogen) atoms. The van der Waals surface area contributed by atoms with Crippen LogP contribution in [0.2, 0.25) is 5.02 Å². The number of ether oxygens (including phenoxy) is 2. The number of aromatic nitrogens is 1. The number of amides is 3. The Hall–Kier alpha value is -4.03. The summed E-state index contributed by atoms with van der Waals surface area (Å²) < 4.78 is 52.1. The summed E-state index contributed by atoms with van der Waals surface area (Å²) in [6.45, 7) is 1.41. The van der Waals surface area contributed by atoms with E-state index in [9.17, 15) is 22.8 Å². The predicted octanol–water partition coefficient (Wildman–Crippen LogP) is 5.68. The molecular weight excluding hydrogens is 539 g/mol. The van der Waals surface area contributed by atoms with Crippen LogP contribution in [0.15, 0.2) is 54.7 Å². The number of anilines is 2. The topological polar surface area (TPSA) is 114 Å². The molecule has 0 bridgehead atoms. The van der Waals surface area contributed by atoms with Gasteiger partial charge >= 0.3 is 12.2 Å². The molecule has 9 nitrogen and oxygen atoms in total. The first-order chi connectivity index (χ1) is 18.6. The first kappa shape index (κ1) is 28.0. The molecule has 3 amide bonds. The molecule has 1 aliphatic rings. The van der Waals surface area contributed by atoms with E-state index in [1.54, 1.807) is 30.3 Å². The third-order valence-electron chi connectivity index (χ3n) is 5.74. The number of nitrogens with zero attached hydrogens (tertiary/aromatic N) is 1. The zero-order valence-electron chi connectivity index (χ0n) is 20.7. The lowest BCUT2D eigenvalue weighted by Gasteiger charge is -2.26. The van der Waals surface area contributed by atoms with Gasteiger partial charge in [-0.05, 0) is 62.3 Å². The fourth-order valence-corrected chi connectivity index (χ4v) is 4.08. The largest absolute Gasteiger partial charge is 0.488 e. The van der Waals surface area contributed by atoms with Crippen molar-refractivity contribution in [2.24, 2.45) is 0 Å². The lowest BCUT2D eigenvalue weighted by atomic mass is 10.1. The van der Waals surface area contributed by atoms with Crippen LogP contribution in [0, 0.1) is 0 Å². The summed E-state index contributed by atoms with van der Waals surface area (Å²) in [7, 11) is 1.49. The zero-order valence-corrected chi connectivity index (χ0v) is 21.4. The highest BCUT2D eigenvalue weighted by atomic mass is 35.5. The minimum absolute atomic E-state index is 0.0484. The van der Waals surface area contributed by atoms with Gasteiger partial charge in [-0.2, -0.15) is 13.2 Å². The molecule has 2 heterocycles. The molecular formula is C26H25ClF3N5O4. The normalized spacial score (nSPS) is 13.9. The van der Waals surface area contributed by atoms with Crippen molar-refractivity contribution in [1.29, 1.82) is 0 Å². The summed E-state index contributed by atoms with van der Waals surface area (Å²) in [6.07, 6.45) is -2.20. The van der Waals surface area contributed by atoms with Crippen molar-refractivity contribution in [2.75, 3.05) is 30.8 Å². The molecule has 1 saturated heterocycles. The van der Waals surface area contributed by atoms with Crippen molar-refractivity contribution < 1.29 is 32.2 Å². The molecule has 4 N–H and O–H groups in total. The summed E-state index contributed by atoms with van der Waals surface area (Å²) in [6, 6.07) is 10.4. The van der Waals surface area contributed by atoms with Crippen LogP contribution in [0.3, 0.4) is 0 Å². The van der Waals surface area contributed by atoms with Gasteiger partial charge in [-0.1, -0.05) is 11.6 Å². The van der Waals surface area contributed by atoms with Crippen LogP contribution in [-0.4, -0.2) is 43.2 Å². The second-order valence-corrected chi connectivity index (χ2v) is 8.96. The van der Waals surface area contributed by atoms with E-state index < -0.39 is 22.8 Å². The fourth-order valence-electron chi connectivity index (χ4n) is 3.81. The van der Waals surface area contributed by atoms with Gasteiger partial charge in [-0.25, -0.2) is 4.79 Å². The molecule has 0 radical (unpaired) electrons. The molecule has 0 aliphatic carbocycles. The van der Waals surface area contributed by atoms with E-state index in [4.69, 9.17) is 21.1 Å². The quantitative estimate of drug-likeness (QED) is 0.294. The van der Waals surface area contributed by atoms with Crippen LogP contribution < -0.4 is 30.7 Å². The lowest BCUT2D eigenvalue weighted by Crippen LogP contribution is -2.34. The van der Waals surface area contributed by atoms with E-state index in [-0.39, 0.29) is 29.1 Å². The number of carbonyl (C=O) groups is 2. The fraction of sp³-hybridized carbons (Fsp3) is 0.269. The van der Waals surface area contributed by atoms with Crippen molar-refractivity contribution in [3.63, 3.8) is 0 Å². The highest BCUT2D eigenvalue weighted by molar-refractivity contribution is 6.31. The van der Waals surface area contributed by atoms with Crippen molar-refractivity contribution in [2.45, 2.75) is 25.1 Å². The Bertz CT molecular complexity index is 1330. The second kappa shape index (κ2) is 12.2. The number of rotatable bonds is 7. The van der Waals surface area contributed by atoms with E-state index in [1.807, 2.05) is 0 Å². The van der Waals surface area contributed by atoms with Crippen molar-refractivity contribution in [3.05, 3.63) is 71.0 Å². The van der Waals surface area contributed by atoms with Crippen molar-refractivity contribution in [1.82, 2.24) is 15.6 Å². The Morgan fingerprint density at radius 1 is 1.03 bits per heavy atom. The van der Waals surface area contributed by atoms with E-state index in [0.29, 0.717) is 43.1 Å². The van der Waals surface area contributed by atoms with Gasteiger partial charge in [0.15, 0.2) is 0 Å². The van der Waals surface area contributed by atoms with Crippen LogP contribution in [0.1, 0.15) is 28.9 Å². The third kappa shape index (κ3) is 7.52. The van der Waals surface area contributed by atoms with Crippen molar-refractivity contribution in [3.8, 4) is 17.2 Å². The number of pyridine rings is 1. The summed E-state index contributed by atoms with van der Waals surface area (Å²) >= 11 is 5.90. The third-order valence-corrected chi connectivity index (χ3v) is 6.05. The number of hydrogen-bond acceptors (Lipinski definition) is 6. The number of carbonyl (C=O) groups excluding carboxylic acids is 2. The predicted molar refractivity (Wildman–Crippen MR) is 140 cm³/mol. The monoisotopic (exact) mass is 563 g/mol. The number of benzene rings is 2. The van der Waals surface area contributed by atoms with Gasteiger partial charge < -0.3 is 30.7 Å². The summed E-state index contributed by atoms with van der Waals surface area (Å²) in [5, 5.41) is 10.1. The SMILES string of the molecule is CNC(=O)c1cc(Oc2ccc(NC(=O)Nc3cc(C(F)(F)F)c(Cl)cc3OC3CCNCC3)cc2)ccn1. The first-order valence-corrected chi connectivity index (χ1v) is 12.3. The maximum absolute atomic E-state index is 13.5. The van der Waals surface area contributed by atoms with Crippen LogP contribution >= 0.6 is 11.6 Å². The van der Waals surface area contributed by atoms with Crippen LogP contribution in [0.4, 0.5) is 29.3 Å². The van der Waals surface area contributed by atoms with E-state index in [2.05, 4.69) is 26.3 Å². The number of hydrogen-bond donors (Lipinski definition) is 4. The van der Waals surface area contributed by atoms with Crippen LogP contribution in [0.25, 0.3) is 0 Å². The molecule has 2 aromatic carbocycles. The summed E-state index contributed by atoms with van der Waals surface area (Å²) in [5.41, 5.74) is -0.711. The Balaban J connectivity index is 1.45. The van der Waals surface area contributed by atoms with E-state index in [0.717, 1.165) is 12.1 Å². The van der Waals surface area contributed by atoms with E-state index >= 15 is 0 Å².